The monoisotopic (exact) mass is 215 g/mol. The zero-order valence-corrected chi connectivity index (χ0v) is 9.86. The van der Waals surface area contributed by atoms with E-state index >= 15 is 0 Å². The topological polar surface area (TPSA) is 16.4 Å². The third-order valence-electron chi connectivity index (χ3n) is 3.74. The standard InChI is InChI=1S/C14H17NO/c1-10-5-6-12(13-4-3-8-15(13)2)14-11(10)7-9-16-14/h5-7,9,13H,3-4,8H2,1-2H3/t13-/m0/s1. The maximum Gasteiger partial charge on any atom is 0.138 e. The first-order valence-corrected chi connectivity index (χ1v) is 5.94. The second kappa shape index (κ2) is 3.63. The molecule has 1 aromatic carbocycles. The third kappa shape index (κ3) is 1.37. The maximum absolute atomic E-state index is 5.66. The SMILES string of the molecule is Cc1ccc([C@@H]2CCCN2C)c2occc12. The summed E-state index contributed by atoms with van der Waals surface area (Å²) in [7, 11) is 2.20. The quantitative estimate of drug-likeness (QED) is 0.723. The van der Waals surface area contributed by atoms with Crippen LogP contribution in [0, 0.1) is 6.92 Å². The van der Waals surface area contributed by atoms with Gasteiger partial charge in [0, 0.05) is 17.0 Å². The zero-order chi connectivity index (χ0) is 11.1. The van der Waals surface area contributed by atoms with Gasteiger partial charge in [-0.2, -0.15) is 0 Å². The van der Waals surface area contributed by atoms with Crippen molar-refractivity contribution in [2.75, 3.05) is 13.6 Å². The highest BCUT2D eigenvalue weighted by Gasteiger charge is 2.25. The highest BCUT2D eigenvalue weighted by Crippen LogP contribution is 2.36. The first kappa shape index (κ1) is 9.91. The van der Waals surface area contributed by atoms with E-state index < -0.39 is 0 Å². The molecule has 84 valence electrons. The Morgan fingerprint density at radius 3 is 2.94 bits per heavy atom. The number of fused-ring (bicyclic) bond motifs is 1. The molecule has 2 heterocycles. The van der Waals surface area contributed by atoms with Crippen LogP contribution in [0.3, 0.4) is 0 Å². The summed E-state index contributed by atoms with van der Waals surface area (Å²) in [6.07, 6.45) is 4.34. The Morgan fingerprint density at radius 2 is 2.19 bits per heavy atom. The van der Waals surface area contributed by atoms with Crippen molar-refractivity contribution in [1.82, 2.24) is 4.90 Å². The lowest BCUT2D eigenvalue weighted by Gasteiger charge is -2.20. The van der Waals surface area contributed by atoms with E-state index in [1.165, 1.54) is 35.9 Å². The second-order valence-electron chi connectivity index (χ2n) is 4.77. The van der Waals surface area contributed by atoms with Gasteiger partial charge in [0.1, 0.15) is 5.58 Å². The lowest BCUT2D eigenvalue weighted by atomic mass is 10.00. The average molecular weight is 215 g/mol. The molecular formula is C14H17NO. The van der Waals surface area contributed by atoms with Crippen LogP contribution >= 0.6 is 0 Å². The van der Waals surface area contributed by atoms with Crippen molar-refractivity contribution in [3.63, 3.8) is 0 Å². The molecule has 0 N–H and O–H groups in total. The second-order valence-corrected chi connectivity index (χ2v) is 4.77. The van der Waals surface area contributed by atoms with Crippen molar-refractivity contribution < 1.29 is 4.42 Å². The van der Waals surface area contributed by atoms with E-state index in [1.807, 2.05) is 0 Å². The van der Waals surface area contributed by atoms with Crippen molar-refractivity contribution in [2.45, 2.75) is 25.8 Å². The molecule has 0 radical (unpaired) electrons. The summed E-state index contributed by atoms with van der Waals surface area (Å²) in [4.78, 5) is 2.42. The first-order chi connectivity index (χ1) is 7.77. The van der Waals surface area contributed by atoms with Crippen molar-refractivity contribution in [3.05, 3.63) is 35.6 Å². The number of furan rings is 1. The maximum atomic E-state index is 5.66. The summed E-state index contributed by atoms with van der Waals surface area (Å²) in [6, 6.07) is 7.05. The third-order valence-corrected chi connectivity index (χ3v) is 3.74. The number of rotatable bonds is 1. The van der Waals surface area contributed by atoms with Gasteiger partial charge in [-0.3, -0.25) is 4.90 Å². The Hall–Kier alpha value is -1.28. The van der Waals surface area contributed by atoms with Gasteiger partial charge >= 0.3 is 0 Å². The van der Waals surface area contributed by atoms with E-state index in [0.717, 1.165) is 5.58 Å². The molecule has 0 spiro atoms. The molecule has 1 atom stereocenters. The Kier molecular flexibility index (Phi) is 2.25. The largest absolute Gasteiger partial charge is 0.464 e. The van der Waals surface area contributed by atoms with Crippen LogP contribution < -0.4 is 0 Å². The van der Waals surface area contributed by atoms with Gasteiger partial charge in [-0.05, 0) is 45.0 Å². The van der Waals surface area contributed by atoms with Gasteiger partial charge in [0.05, 0.1) is 6.26 Å². The summed E-state index contributed by atoms with van der Waals surface area (Å²) in [5, 5.41) is 1.26. The van der Waals surface area contributed by atoms with Gasteiger partial charge in [0.2, 0.25) is 0 Å². The molecule has 0 aliphatic carbocycles. The Balaban J connectivity index is 2.16. The average Bonchev–Trinajstić information content (AvgIpc) is 2.88. The number of likely N-dealkylation sites (tertiary alicyclic amines) is 1. The Bertz CT molecular complexity index is 514. The van der Waals surface area contributed by atoms with E-state index in [4.69, 9.17) is 4.42 Å². The molecule has 2 aromatic rings. The van der Waals surface area contributed by atoms with E-state index in [1.54, 1.807) is 6.26 Å². The van der Waals surface area contributed by atoms with Crippen LogP contribution in [0.4, 0.5) is 0 Å². The van der Waals surface area contributed by atoms with Crippen LogP contribution in [-0.2, 0) is 0 Å². The minimum absolute atomic E-state index is 0.536. The molecule has 3 rings (SSSR count). The molecule has 0 saturated carbocycles. The molecule has 1 fully saturated rings. The fourth-order valence-corrected chi connectivity index (χ4v) is 2.79. The van der Waals surface area contributed by atoms with Crippen LogP contribution in [0.5, 0.6) is 0 Å². The van der Waals surface area contributed by atoms with Crippen molar-refractivity contribution in [1.29, 1.82) is 0 Å². The van der Waals surface area contributed by atoms with Gasteiger partial charge in [-0.1, -0.05) is 12.1 Å². The van der Waals surface area contributed by atoms with Crippen molar-refractivity contribution >= 4 is 11.0 Å². The van der Waals surface area contributed by atoms with Crippen LogP contribution in [0.25, 0.3) is 11.0 Å². The van der Waals surface area contributed by atoms with E-state index in [9.17, 15) is 0 Å². The number of nitrogens with zero attached hydrogens (tertiary/aromatic N) is 1. The highest BCUT2D eigenvalue weighted by molar-refractivity contribution is 5.84. The lowest BCUT2D eigenvalue weighted by molar-refractivity contribution is 0.317. The van der Waals surface area contributed by atoms with Crippen LogP contribution in [0.15, 0.2) is 28.9 Å². The van der Waals surface area contributed by atoms with Crippen LogP contribution in [0.2, 0.25) is 0 Å². The van der Waals surface area contributed by atoms with Gasteiger partial charge in [0.15, 0.2) is 0 Å². The highest BCUT2D eigenvalue weighted by atomic mass is 16.3. The van der Waals surface area contributed by atoms with Crippen molar-refractivity contribution in [2.24, 2.45) is 0 Å². The number of hydrogen-bond donors (Lipinski definition) is 0. The molecule has 2 heteroatoms. The summed E-state index contributed by atoms with van der Waals surface area (Å²) < 4.78 is 5.66. The molecular weight excluding hydrogens is 198 g/mol. The summed E-state index contributed by atoms with van der Waals surface area (Å²) in [5.74, 6) is 0. The molecule has 2 nitrogen and oxygen atoms in total. The number of hydrogen-bond acceptors (Lipinski definition) is 2. The van der Waals surface area contributed by atoms with Gasteiger partial charge < -0.3 is 4.42 Å². The van der Waals surface area contributed by atoms with Gasteiger partial charge in [0.25, 0.3) is 0 Å². The summed E-state index contributed by atoms with van der Waals surface area (Å²) in [5.41, 5.74) is 3.73. The Labute approximate surface area is 95.9 Å². The molecule has 1 saturated heterocycles. The minimum atomic E-state index is 0.536. The van der Waals surface area contributed by atoms with E-state index in [0.29, 0.717) is 6.04 Å². The number of benzene rings is 1. The normalized spacial score (nSPS) is 22.0. The summed E-state index contributed by atoms with van der Waals surface area (Å²) in [6.45, 7) is 3.33. The predicted molar refractivity (Wildman–Crippen MR) is 65.6 cm³/mol. The summed E-state index contributed by atoms with van der Waals surface area (Å²) >= 11 is 0. The molecule has 16 heavy (non-hydrogen) atoms. The number of aryl methyl sites for hydroxylation is 1. The van der Waals surface area contributed by atoms with Crippen LogP contribution in [-0.4, -0.2) is 18.5 Å². The smallest absolute Gasteiger partial charge is 0.138 e. The molecule has 1 aliphatic rings. The zero-order valence-electron chi connectivity index (χ0n) is 9.86. The van der Waals surface area contributed by atoms with E-state index in [2.05, 4.69) is 37.1 Å². The van der Waals surface area contributed by atoms with Gasteiger partial charge in [-0.15, -0.1) is 0 Å². The Morgan fingerprint density at radius 1 is 1.31 bits per heavy atom. The fraction of sp³-hybridized carbons (Fsp3) is 0.429. The van der Waals surface area contributed by atoms with Crippen molar-refractivity contribution in [3.8, 4) is 0 Å². The predicted octanol–water partition coefficient (Wildman–Crippen LogP) is 3.51. The minimum Gasteiger partial charge on any atom is -0.464 e. The fourth-order valence-electron chi connectivity index (χ4n) is 2.79. The van der Waals surface area contributed by atoms with Crippen LogP contribution in [0.1, 0.15) is 30.0 Å². The lowest BCUT2D eigenvalue weighted by Crippen LogP contribution is -2.17. The molecule has 0 unspecified atom stereocenters. The van der Waals surface area contributed by atoms with E-state index in [-0.39, 0.29) is 0 Å². The van der Waals surface area contributed by atoms with Gasteiger partial charge in [-0.25, -0.2) is 0 Å². The molecule has 1 aromatic heterocycles. The first-order valence-electron chi connectivity index (χ1n) is 5.94. The molecule has 1 aliphatic heterocycles. The molecule has 0 amide bonds. The molecule has 0 bridgehead atoms.